The molecule has 5 nitrogen and oxygen atoms in total. The normalized spacial score (nSPS) is 10.5. The van der Waals surface area contributed by atoms with Gasteiger partial charge in [0.1, 0.15) is 5.82 Å². The topological polar surface area (TPSA) is 62.7 Å². The van der Waals surface area contributed by atoms with Gasteiger partial charge in [-0.3, -0.25) is 4.98 Å². The molecule has 0 bridgehead atoms. The first-order chi connectivity index (χ1) is 11.6. The number of nitrogens with zero attached hydrogens (tertiary/aromatic N) is 3. The molecule has 0 radical (unpaired) electrons. The van der Waals surface area contributed by atoms with Gasteiger partial charge in [-0.05, 0) is 55.3 Å². The van der Waals surface area contributed by atoms with Crippen molar-refractivity contribution in [3.8, 4) is 0 Å². The zero-order valence-electron chi connectivity index (χ0n) is 13.5. The Bertz CT molecular complexity index is 836. The Labute approximate surface area is 149 Å². The van der Waals surface area contributed by atoms with Crippen molar-refractivity contribution in [1.82, 2.24) is 15.0 Å². The van der Waals surface area contributed by atoms with Crippen molar-refractivity contribution in [2.75, 3.05) is 10.6 Å². The van der Waals surface area contributed by atoms with Crippen LogP contribution >= 0.6 is 15.9 Å². The molecule has 0 unspecified atom stereocenters. The average molecular weight is 384 g/mol. The van der Waals surface area contributed by atoms with Crippen molar-refractivity contribution in [3.05, 3.63) is 70.1 Å². The van der Waals surface area contributed by atoms with E-state index in [0.717, 1.165) is 32.8 Å². The molecule has 24 heavy (non-hydrogen) atoms. The number of hydrogen-bond acceptors (Lipinski definition) is 5. The maximum absolute atomic E-state index is 4.55. The van der Waals surface area contributed by atoms with Crippen LogP contribution < -0.4 is 10.6 Å². The fourth-order valence-electron chi connectivity index (χ4n) is 2.30. The highest BCUT2D eigenvalue weighted by Crippen LogP contribution is 2.23. The summed E-state index contributed by atoms with van der Waals surface area (Å²) < 4.78 is 1.05. The Morgan fingerprint density at radius 3 is 2.54 bits per heavy atom. The van der Waals surface area contributed by atoms with E-state index in [1.807, 2.05) is 44.2 Å². The molecular formula is C18H18BrN5. The van der Waals surface area contributed by atoms with Gasteiger partial charge in [0.2, 0.25) is 5.95 Å². The Kier molecular flexibility index (Phi) is 5.05. The minimum Gasteiger partial charge on any atom is -0.366 e. The van der Waals surface area contributed by atoms with E-state index in [1.54, 1.807) is 12.4 Å². The number of nitrogens with one attached hydrogen (secondary N) is 2. The maximum atomic E-state index is 4.55. The Hall–Kier alpha value is -2.47. The predicted molar refractivity (Wildman–Crippen MR) is 100 cm³/mol. The third-order valence-corrected chi connectivity index (χ3v) is 4.01. The fraction of sp³-hybridized carbons (Fsp3) is 0.167. The summed E-state index contributed by atoms with van der Waals surface area (Å²) >= 11 is 3.47. The molecule has 1 aromatic carbocycles. The van der Waals surface area contributed by atoms with Gasteiger partial charge >= 0.3 is 0 Å². The predicted octanol–water partition coefficient (Wildman–Crippen LogP) is 4.61. The lowest BCUT2D eigenvalue weighted by molar-refractivity contribution is 1.05. The SMILES string of the molecule is Cc1cc(NCc2ccncc2)nc(Nc2ccc(Br)cc2C)n1. The Morgan fingerprint density at radius 2 is 1.79 bits per heavy atom. The smallest absolute Gasteiger partial charge is 0.229 e. The Balaban J connectivity index is 1.76. The average Bonchev–Trinajstić information content (AvgIpc) is 2.56. The van der Waals surface area contributed by atoms with E-state index < -0.39 is 0 Å². The molecule has 0 aliphatic heterocycles. The van der Waals surface area contributed by atoms with Crippen molar-refractivity contribution in [1.29, 1.82) is 0 Å². The number of pyridine rings is 1. The van der Waals surface area contributed by atoms with Crippen LogP contribution in [-0.4, -0.2) is 15.0 Å². The van der Waals surface area contributed by atoms with Crippen LogP contribution in [0.15, 0.2) is 53.3 Å². The molecule has 0 aliphatic carbocycles. The van der Waals surface area contributed by atoms with Crippen molar-refractivity contribution in [2.24, 2.45) is 0 Å². The number of aromatic nitrogens is 3. The molecule has 2 N–H and O–H groups in total. The quantitative estimate of drug-likeness (QED) is 0.673. The Morgan fingerprint density at radius 1 is 1.00 bits per heavy atom. The van der Waals surface area contributed by atoms with Crippen molar-refractivity contribution in [3.63, 3.8) is 0 Å². The van der Waals surface area contributed by atoms with E-state index in [0.29, 0.717) is 12.5 Å². The molecule has 0 atom stereocenters. The van der Waals surface area contributed by atoms with E-state index in [2.05, 4.69) is 47.6 Å². The van der Waals surface area contributed by atoms with Gasteiger partial charge in [-0.2, -0.15) is 4.98 Å². The highest BCUT2D eigenvalue weighted by Gasteiger charge is 2.05. The molecule has 6 heteroatoms. The van der Waals surface area contributed by atoms with Gasteiger partial charge in [0.25, 0.3) is 0 Å². The molecule has 0 spiro atoms. The van der Waals surface area contributed by atoms with Gasteiger partial charge in [0, 0.05) is 40.9 Å². The van der Waals surface area contributed by atoms with Crippen LogP contribution in [0.25, 0.3) is 0 Å². The largest absolute Gasteiger partial charge is 0.366 e. The van der Waals surface area contributed by atoms with Gasteiger partial charge in [-0.15, -0.1) is 0 Å². The van der Waals surface area contributed by atoms with Crippen molar-refractivity contribution >= 4 is 33.4 Å². The van der Waals surface area contributed by atoms with Crippen LogP contribution in [0.2, 0.25) is 0 Å². The van der Waals surface area contributed by atoms with E-state index >= 15 is 0 Å². The molecule has 122 valence electrons. The highest BCUT2D eigenvalue weighted by molar-refractivity contribution is 9.10. The first-order valence-corrected chi connectivity index (χ1v) is 8.41. The third kappa shape index (κ3) is 4.29. The van der Waals surface area contributed by atoms with Gasteiger partial charge in [0.15, 0.2) is 0 Å². The summed E-state index contributed by atoms with van der Waals surface area (Å²) in [6.45, 7) is 4.69. The van der Waals surface area contributed by atoms with Crippen LogP contribution in [-0.2, 0) is 6.54 Å². The maximum Gasteiger partial charge on any atom is 0.229 e. The fourth-order valence-corrected chi connectivity index (χ4v) is 2.77. The minimum atomic E-state index is 0.581. The highest BCUT2D eigenvalue weighted by atomic mass is 79.9. The molecule has 0 aliphatic rings. The van der Waals surface area contributed by atoms with Gasteiger partial charge in [-0.25, -0.2) is 4.98 Å². The summed E-state index contributed by atoms with van der Waals surface area (Å²) in [5, 5.41) is 6.61. The number of hydrogen-bond donors (Lipinski definition) is 2. The number of benzene rings is 1. The number of rotatable bonds is 5. The van der Waals surface area contributed by atoms with E-state index in [4.69, 9.17) is 0 Å². The molecule has 0 saturated heterocycles. The van der Waals surface area contributed by atoms with Gasteiger partial charge < -0.3 is 10.6 Å². The molecule has 2 heterocycles. The van der Waals surface area contributed by atoms with E-state index in [9.17, 15) is 0 Å². The molecule has 0 saturated carbocycles. The van der Waals surface area contributed by atoms with Crippen LogP contribution in [0.5, 0.6) is 0 Å². The molecule has 2 aromatic heterocycles. The summed E-state index contributed by atoms with van der Waals surface area (Å²) in [5.41, 5.74) is 4.17. The van der Waals surface area contributed by atoms with E-state index in [-0.39, 0.29) is 0 Å². The van der Waals surface area contributed by atoms with Crippen molar-refractivity contribution in [2.45, 2.75) is 20.4 Å². The molecule has 0 fully saturated rings. The summed E-state index contributed by atoms with van der Waals surface area (Å²) in [6, 6.07) is 11.9. The second kappa shape index (κ2) is 7.40. The second-order valence-electron chi connectivity index (χ2n) is 5.51. The monoisotopic (exact) mass is 383 g/mol. The second-order valence-corrected chi connectivity index (χ2v) is 6.43. The third-order valence-electron chi connectivity index (χ3n) is 3.51. The first kappa shape index (κ1) is 16.4. The lowest BCUT2D eigenvalue weighted by Crippen LogP contribution is -2.06. The van der Waals surface area contributed by atoms with Crippen LogP contribution in [0.4, 0.5) is 17.5 Å². The molecule has 3 rings (SSSR count). The van der Waals surface area contributed by atoms with Crippen LogP contribution in [0.1, 0.15) is 16.8 Å². The molecule has 3 aromatic rings. The van der Waals surface area contributed by atoms with E-state index in [1.165, 1.54) is 0 Å². The van der Waals surface area contributed by atoms with Crippen LogP contribution in [0.3, 0.4) is 0 Å². The molecule has 0 amide bonds. The summed E-state index contributed by atoms with van der Waals surface area (Å²) in [4.78, 5) is 13.0. The first-order valence-electron chi connectivity index (χ1n) is 7.62. The lowest BCUT2D eigenvalue weighted by atomic mass is 10.2. The van der Waals surface area contributed by atoms with Crippen molar-refractivity contribution < 1.29 is 0 Å². The number of aryl methyl sites for hydroxylation is 2. The number of anilines is 3. The lowest BCUT2D eigenvalue weighted by Gasteiger charge is -2.11. The number of halogens is 1. The standard InChI is InChI=1S/C18H18BrN5/c1-12-9-15(19)3-4-16(12)23-18-22-13(2)10-17(24-18)21-11-14-5-7-20-8-6-14/h3-10H,11H2,1-2H3,(H2,21,22,23,24). The summed E-state index contributed by atoms with van der Waals surface area (Å²) in [6.07, 6.45) is 3.57. The van der Waals surface area contributed by atoms with Crippen LogP contribution in [0, 0.1) is 13.8 Å². The zero-order chi connectivity index (χ0) is 16.9. The minimum absolute atomic E-state index is 0.581. The summed E-state index contributed by atoms with van der Waals surface area (Å²) in [7, 11) is 0. The molecular weight excluding hydrogens is 366 g/mol. The van der Waals surface area contributed by atoms with Gasteiger partial charge in [0.05, 0.1) is 0 Å². The summed E-state index contributed by atoms with van der Waals surface area (Å²) in [5.74, 6) is 1.37. The van der Waals surface area contributed by atoms with Gasteiger partial charge in [-0.1, -0.05) is 15.9 Å². The zero-order valence-corrected chi connectivity index (χ0v) is 15.1.